The lowest BCUT2D eigenvalue weighted by molar-refractivity contribution is 0.00578. The Hall–Kier alpha value is -1.35. The highest BCUT2D eigenvalue weighted by Crippen LogP contribution is 2.36. The monoisotopic (exact) mass is 328 g/mol. The molecule has 122 valence electrons. The van der Waals surface area contributed by atoms with Gasteiger partial charge in [-0.3, -0.25) is 4.79 Å². The predicted octanol–water partition coefficient (Wildman–Crippen LogP) is 3.03. The molecule has 1 aromatic carbocycles. The molecule has 0 radical (unpaired) electrons. The van der Waals surface area contributed by atoms with Crippen LogP contribution in [0.4, 0.5) is 0 Å². The van der Waals surface area contributed by atoms with Crippen LogP contribution >= 0.6 is 0 Å². The van der Waals surface area contributed by atoms with Crippen LogP contribution in [0, 0.1) is 11.5 Å². The normalized spacial score (nSPS) is 19.2. The Balaban J connectivity index is 2.45. The number of rotatable bonds is 2. The second-order valence-corrected chi connectivity index (χ2v) is 12.8. The van der Waals surface area contributed by atoms with Gasteiger partial charge in [0.05, 0.1) is 11.2 Å². The van der Waals surface area contributed by atoms with Crippen LogP contribution in [-0.2, 0) is 9.31 Å². The summed E-state index contributed by atoms with van der Waals surface area (Å²) in [6.45, 7) is 14.5. The van der Waals surface area contributed by atoms with Gasteiger partial charge in [0.2, 0.25) is 0 Å². The van der Waals surface area contributed by atoms with Crippen LogP contribution < -0.4 is 5.46 Å². The van der Waals surface area contributed by atoms with Crippen molar-refractivity contribution in [3.63, 3.8) is 0 Å². The Labute approximate surface area is 140 Å². The van der Waals surface area contributed by atoms with Gasteiger partial charge in [0, 0.05) is 11.1 Å². The average molecular weight is 328 g/mol. The first-order valence-corrected chi connectivity index (χ1v) is 11.4. The maximum absolute atomic E-state index is 11.7. The minimum atomic E-state index is -1.51. The summed E-state index contributed by atoms with van der Waals surface area (Å²) in [6, 6.07) is 5.67. The molecule has 1 fully saturated rings. The van der Waals surface area contributed by atoms with E-state index in [1.807, 2.05) is 45.9 Å². The van der Waals surface area contributed by atoms with E-state index in [0.29, 0.717) is 5.56 Å². The smallest absolute Gasteiger partial charge is 0.399 e. The number of benzene rings is 1. The van der Waals surface area contributed by atoms with E-state index in [0.717, 1.165) is 17.3 Å². The molecular weight excluding hydrogens is 303 g/mol. The van der Waals surface area contributed by atoms with Gasteiger partial charge in [0.15, 0.2) is 6.29 Å². The fraction of sp³-hybridized carbons (Fsp3) is 0.500. The topological polar surface area (TPSA) is 35.5 Å². The highest BCUT2D eigenvalue weighted by molar-refractivity contribution is 6.83. The zero-order valence-electron chi connectivity index (χ0n) is 15.1. The van der Waals surface area contributed by atoms with Gasteiger partial charge in [-0.25, -0.2) is 0 Å². The summed E-state index contributed by atoms with van der Waals surface area (Å²) < 4.78 is 12.1. The van der Waals surface area contributed by atoms with Gasteiger partial charge >= 0.3 is 7.12 Å². The summed E-state index contributed by atoms with van der Waals surface area (Å²) in [6.07, 6.45) is 0.856. The molecule has 0 unspecified atom stereocenters. The zero-order valence-corrected chi connectivity index (χ0v) is 16.1. The zero-order chi connectivity index (χ0) is 17.5. The Morgan fingerprint density at radius 3 is 2.13 bits per heavy atom. The molecule has 0 aromatic heterocycles. The van der Waals surface area contributed by atoms with Crippen molar-refractivity contribution in [2.45, 2.75) is 58.5 Å². The molecule has 0 amide bonds. The van der Waals surface area contributed by atoms with Crippen LogP contribution in [-0.4, -0.2) is 32.7 Å². The second-order valence-electron chi connectivity index (χ2n) is 8.01. The fourth-order valence-electron chi connectivity index (χ4n) is 2.25. The van der Waals surface area contributed by atoms with Crippen molar-refractivity contribution in [2.24, 2.45) is 0 Å². The molecule has 0 saturated carbocycles. The lowest BCUT2D eigenvalue weighted by atomic mass is 9.75. The standard InChI is InChI=1S/C18H25BO3Si/c1-17(2)18(3,4)22-19(21-17)16-10-8-9-14(15(16)13-20)11-12-23(5,6)7/h8-10,13H,1-7H3. The maximum Gasteiger partial charge on any atom is 0.495 e. The van der Waals surface area contributed by atoms with E-state index in [4.69, 9.17) is 9.31 Å². The first-order chi connectivity index (χ1) is 10.5. The maximum atomic E-state index is 11.7. The first kappa shape index (κ1) is 18.0. The van der Waals surface area contributed by atoms with Crippen molar-refractivity contribution < 1.29 is 14.1 Å². The van der Waals surface area contributed by atoms with Crippen LogP contribution in [0.3, 0.4) is 0 Å². The Bertz CT molecular complexity index is 662. The minimum absolute atomic E-state index is 0.433. The highest BCUT2D eigenvalue weighted by atomic mass is 28.3. The third-order valence-corrected chi connectivity index (χ3v) is 5.21. The Morgan fingerprint density at radius 1 is 1.09 bits per heavy atom. The summed E-state index contributed by atoms with van der Waals surface area (Å²) in [5.41, 5.74) is 4.51. The Morgan fingerprint density at radius 2 is 1.65 bits per heavy atom. The molecule has 1 saturated heterocycles. The highest BCUT2D eigenvalue weighted by Gasteiger charge is 2.52. The molecule has 1 aromatic rings. The van der Waals surface area contributed by atoms with Crippen molar-refractivity contribution in [3.8, 4) is 11.5 Å². The molecule has 1 heterocycles. The quantitative estimate of drug-likeness (QED) is 0.476. The molecule has 0 aliphatic carbocycles. The van der Waals surface area contributed by atoms with E-state index in [1.54, 1.807) is 0 Å². The predicted molar refractivity (Wildman–Crippen MR) is 97.8 cm³/mol. The van der Waals surface area contributed by atoms with E-state index >= 15 is 0 Å². The molecule has 1 aliphatic heterocycles. The van der Waals surface area contributed by atoms with E-state index in [1.165, 1.54) is 0 Å². The van der Waals surface area contributed by atoms with E-state index in [2.05, 4.69) is 31.1 Å². The van der Waals surface area contributed by atoms with E-state index < -0.39 is 26.4 Å². The third-order valence-electron chi connectivity index (χ3n) is 4.34. The number of carbonyl (C=O) groups is 1. The average Bonchev–Trinajstić information content (AvgIpc) is 2.63. The fourth-order valence-corrected chi connectivity index (χ4v) is 2.76. The molecule has 23 heavy (non-hydrogen) atoms. The van der Waals surface area contributed by atoms with Gasteiger partial charge in [-0.2, -0.15) is 0 Å². The SMILES string of the molecule is CC1(C)OB(c2cccc(C#C[Si](C)(C)C)c2C=O)OC1(C)C. The summed E-state index contributed by atoms with van der Waals surface area (Å²) >= 11 is 0. The van der Waals surface area contributed by atoms with Crippen LogP contribution in [0.1, 0.15) is 43.6 Å². The van der Waals surface area contributed by atoms with Gasteiger partial charge in [-0.1, -0.05) is 37.7 Å². The molecule has 0 N–H and O–H groups in total. The van der Waals surface area contributed by atoms with Gasteiger partial charge < -0.3 is 9.31 Å². The summed E-state index contributed by atoms with van der Waals surface area (Å²) in [7, 11) is -2.06. The molecule has 5 heteroatoms. The van der Waals surface area contributed by atoms with Gasteiger partial charge in [-0.05, 0) is 39.2 Å². The van der Waals surface area contributed by atoms with Crippen LogP contribution in [0.5, 0.6) is 0 Å². The third kappa shape index (κ3) is 3.77. The second kappa shape index (κ2) is 5.94. The molecular formula is C18H25BO3Si. The molecule has 1 aliphatic rings. The molecule has 0 spiro atoms. The van der Waals surface area contributed by atoms with Crippen molar-refractivity contribution in [3.05, 3.63) is 29.3 Å². The van der Waals surface area contributed by atoms with Gasteiger partial charge in [-0.15, -0.1) is 5.54 Å². The summed E-state index contributed by atoms with van der Waals surface area (Å²) in [5, 5.41) is 0. The van der Waals surface area contributed by atoms with Crippen molar-refractivity contribution >= 4 is 26.9 Å². The van der Waals surface area contributed by atoms with E-state index in [9.17, 15) is 4.79 Å². The van der Waals surface area contributed by atoms with Crippen molar-refractivity contribution in [2.75, 3.05) is 0 Å². The van der Waals surface area contributed by atoms with Crippen LogP contribution in [0.2, 0.25) is 19.6 Å². The largest absolute Gasteiger partial charge is 0.495 e. The van der Waals surface area contributed by atoms with E-state index in [-0.39, 0.29) is 0 Å². The molecule has 3 nitrogen and oxygen atoms in total. The van der Waals surface area contributed by atoms with Gasteiger partial charge in [0.1, 0.15) is 8.07 Å². The van der Waals surface area contributed by atoms with Crippen LogP contribution in [0.25, 0.3) is 0 Å². The molecule has 0 atom stereocenters. The van der Waals surface area contributed by atoms with Crippen molar-refractivity contribution in [1.29, 1.82) is 0 Å². The number of aldehydes is 1. The number of hydrogen-bond acceptors (Lipinski definition) is 3. The van der Waals surface area contributed by atoms with Crippen molar-refractivity contribution in [1.82, 2.24) is 0 Å². The van der Waals surface area contributed by atoms with Crippen LogP contribution in [0.15, 0.2) is 18.2 Å². The molecule has 0 bridgehead atoms. The number of hydrogen-bond donors (Lipinski definition) is 0. The number of carbonyl (C=O) groups excluding carboxylic acids is 1. The lowest BCUT2D eigenvalue weighted by Crippen LogP contribution is -2.41. The van der Waals surface area contributed by atoms with Gasteiger partial charge in [0.25, 0.3) is 0 Å². The Kier molecular flexibility index (Phi) is 4.65. The molecule has 2 rings (SSSR count). The summed E-state index contributed by atoms with van der Waals surface area (Å²) in [5.74, 6) is 3.18. The first-order valence-electron chi connectivity index (χ1n) is 7.94. The minimum Gasteiger partial charge on any atom is -0.399 e. The lowest BCUT2D eigenvalue weighted by Gasteiger charge is -2.32. The summed E-state index contributed by atoms with van der Waals surface area (Å²) in [4.78, 5) is 11.7.